The highest BCUT2D eigenvalue weighted by molar-refractivity contribution is 9.10. The van der Waals surface area contributed by atoms with E-state index in [4.69, 9.17) is 0 Å². The van der Waals surface area contributed by atoms with E-state index in [0.717, 1.165) is 35.8 Å². The Morgan fingerprint density at radius 2 is 2.04 bits per heavy atom. The summed E-state index contributed by atoms with van der Waals surface area (Å²) in [5, 5.41) is 18.3. The topological polar surface area (TPSA) is 50.1 Å². The van der Waals surface area contributed by atoms with E-state index in [2.05, 4.69) is 55.3 Å². The molecule has 1 atom stereocenters. The fraction of sp³-hybridized carbons (Fsp3) is 0.286. The van der Waals surface area contributed by atoms with Gasteiger partial charge in [0.1, 0.15) is 5.75 Å². The first-order valence-corrected chi connectivity index (χ1v) is 9.79. The molecule has 26 heavy (non-hydrogen) atoms. The third-order valence-corrected chi connectivity index (χ3v) is 5.51. The second-order valence-electron chi connectivity index (χ2n) is 6.79. The van der Waals surface area contributed by atoms with Crippen LogP contribution in [0.25, 0.3) is 0 Å². The normalized spacial score (nSPS) is 16.4. The van der Waals surface area contributed by atoms with Crippen molar-refractivity contribution in [2.45, 2.75) is 38.4 Å². The van der Waals surface area contributed by atoms with Crippen molar-refractivity contribution < 1.29 is 5.11 Å². The van der Waals surface area contributed by atoms with Crippen LogP contribution in [-0.4, -0.2) is 14.9 Å². The summed E-state index contributed by atoms with van der Waals surface area (Å²) in [5.74, 6) is 0.330. The van der Waals surface area contributed by atoms with Gasteiger partial charge in [0, 0.05) is 33.9 Å². The molecule has 1 unspecified atom stereocenters. The third-order valence-electron chi connectivity index (χ3n) is 5.02. The maximum absolute atomic E-state index is 10.1. The lowest BCUT2D eigenvalue weighted by Crippen LogP contribution is -2.25. The molecule has 3 aromatic rings. The molecule has 0 amide bonds. The van der Waals surface area contributed by atoms with Crippen molar-refractivity contribution in [1.82, 2.24) is 15.1 Å². The number of aromatic nitrogens is 2. The zero-order chi connectivity index (χ0) is 17.9. The van der Waals surface area contributed by atoms with Crippen molar-refractivity contribution in [2.75, 3.05) is 0 Å². The first kappa shape index (κ1) is 17.3. The minimum atomic E-state index is 0.279. The molecule has 0 aliphatic heterocycles. The van der Waals surface area contributed by atoms with Crippen molar-refractivity contribution >= 4 is 15.9 Å². The van der Waals surface area contributed by atoms with Gasteiger partial charge in [0.05, 0.1) is 12.7 Å². The highest BCUT2D eigenvalue weighted by Gasteiger charge is 2.24. The van der Waals surface area contributed by atoms with E-state index in [1.54, 1.807) is 6.07 Å². The fourth-order valence-electron chi connectivity index (χ4n) is 3.65. The van der Waals surface area contributed by atoms with E-state index >= 15 is 0 Å². The molecule has 1 heterocycles. The lowest BCUT2D eigenvalue weighted by atomic mass is 9.92. The Kier molecular flexibility index (Phi) is 5.09. The number of hydrogen-bond donors (Lipinski definition) is 2. The van der Waals surface area contributed by atoms with Crippen LogP contribution < -0.4 is 5.32 Å². The largest absolute Gasteiger partial charge is 0.508 e. The van der Waals surface area contributed by atoms with Gasteiger partial charge >= 0.3 is 0 Å². The molecule has 0 radical (unpaired) electrons. The summed E-state index contributed by atoms with van der Waals surface area (Å²) in [4.78, 5) is 0. The molecule has 1 aliphatic carbocycles. The molecular formula is C21H22BrN3O. The molecule has 4 nitrogen and oxygen atoms in total. The number of benzene rings is 2. The summed E-state index contributed by atoms with van der Waals surface area (Å²) < 4.78 is 3.11. The molecule has 1 aromatic heterocycles. The van der Waals surface area contributed by atoms with Crippen molar-refractivity contribution in [3.8, 4) is 5.75 Å². The van der Waals surface area contributed by atoms with Gasteiger partial charge in [-0.25, -0.2) is 0 Å². The zero-order valence-electron chi connectivity index (χ0n) is 14.5. The smallest absolute Gasteiger partial charge is 0.120 e. The van der Waals surface area contributed by atoms with Crippen LogP contribution in [0.3, 0.4) is 0 Å². The predicted molar refractivity (Wildman–Crippen MR) is 106 cm³/mol. The Hall–Kier alpha value is -2.11. The number of hydrogen-bond acceptors (Lipinski definition) is 3. The standard InChI is InChI=1S/C21H22BrN3O/c22-17-9-10-21(26)16(11-17)12-23-19-7-4-8-20-18(19)13-24-25(20)14-15-5-2-1-3-6-15/h1-3,5-6,9-11,13,19,23,26H,4,7-8,12,14H2. The molecule has 0 fully saturated rings. The van der Waals surface area contributed by atoms with Crippen molar-refractivity contribution in [2.24, 2.45) is 0 Å². The fourth-order valence-corrected chi connectivity index (χ4v) is 4.06. The van der Waals surface area contributed by atoms with E-state index in [-0.39, 0.29) is 6.04 Å². The average Bonchev–Trinajstić information content (AvgIpc) is 3.07. The quantitative estimate of drug-likeness (QED) is 0.646. The maximum Gasteiger partial charge on any atom is 0.120 e. The van der Waals surface area contributed by atoms with E-state index in [0.29, 0.717) is 12.3 Å². The van der Waals surface area contributed by atoms with Gasteiger partial charge < -0.3 is 10.4 Å². The number of phenols is 1. The monoisotopic (exact) mass is 411 g/mol. The van der Waals surface area contributed by atoms with Gasteiger partial charge in [-0.2, -0.15) is 5.10 Å². The van der Waals surface area contributed by atoms with E-state index in [1.807, 2.05) is 24.4 Å². The number of aromatic hydroxyl groups is 1. The Balaban J connectivity index is 1.50. The van der Waals surface area contributed by atoms with E-state index < -0.39 is 0 Å². The highest BCUT2D eigenvalue weighted by atomic mass is 79.9. The van der Waals surface area contributed by atoms with Crippen LogP contribution in [-0.2, 0) is 19.5 Å². The van der Waals surface area contributed by atoms with Crippen LogP contribution in [0.5, 0.6) is 5.75 Å². The van der Waals surface area contributed by atoms with Crippen LogP contribution in [0.15, 0.2) is 59.2 Å². The lowest BCUT2D eigenvalue weighted by Gasteiger charge is -2.24. The van der Waals surface area contributed by atoms with Crippen LogP contribution in [0.1, 0.15) is 41.3 Å². The maximum atomic E-state index is 10.1. The van der Waals surface area contributed by atoms with Crippen molar-refractivity contribution in [3.63, 3.8) is 0 Å². The van der Waals surface area contributed by atoms with Gasteiger partial charge in [0.25, 0.3) is 0 Å². The van der Waals surface area contributed by atoms with Crippen LogP contribution >= 0.6 is 15.9 Å². The summed E-state index contributed by atoms with van der Waals surface area (Å²) >= 11 is 3.47. The van der Waals surface area contributed by atoms with Crippen molar-refractivity contribution in [1.29, 1.82) is 0 Å². The lowest BCUT2D eigenvalue weighted by molar-refractivity contribution is 0.433. The Labute approximate surface area is 162 Å². The SMILES string of the molecule is Oc1ccc(Br)cc1CNC1CCCc2c1cnn2Cc1ccccc1. The summed E-state index contributed by atoms with van der Waals surface area (Å²) in [5.41, 5.74) is 4.80. The van der Waals surface area contributed by atoms with Gasteiger partial charge in [0.2, 0.25) is 0 Å². The molecule has 2 N–H and O–H groups in total. The average molecular weight is 412 g/mol. The summed E-state index contributed by atoms with van der Waals surface area (Å²) in [6, 6.07) is 16.3. The minimum Gasteiger partial charge on any atom is -0.508 e. The molecule has 4 rings (SSSR count). The number of phenolic OH excluding ortho intramolecular Hbond substituents is 1. The molecule has 0 saturated heterocycles. The molecule has 0 bridgehead atoms. The number of nitrogens with one attached hydrogen (secondary N) is 1. The van der Waals surface area contributed by atoms with E-state index in [1.165, 1.54) is 16.8 Å². The number of halogens is 1. The molecule has 0 saturated carbocycles. The Bertz CT molecular complexity index is 892. The number of fused-ring (bicyclic) bond motifs is 1. The van der Waals surface area contributed by atoms with E-state index in [9.17, 15) is 5.11 Å². The van der Waals surface area contributed by atoms with Crippen LogP contribution in [0.4, 0.5) is 0 Å². The molecular weight excluding hydrogens is 390 g/mol. The molecule has 0 spiro atoms. The number of rotatable bonds is 5. The van der Waals surface area contributed by atoms with Crippen LogP contribution in [0, 0.1) is 0 Å². The van der Waals surface area contributed by atoms with Gasteiger partial charge in [-0.15, -0.1) is 0 Å². The molecule has 1 aliphatic rings. The van der Waals surface area contributed by atoms with Gasteiger partial charge in [0.15, 0.2) is 0 Å². The second kappa shape index (κ2) is 7.64. The second-order valence-corrected chi connectivity index (χ2v) is 7.70. The van der Waals surface area contributed by atoms with Crippen LogP contribution in [0.2, 0.25) is 0 Å². The number of nitrogens with zero attached hydrogens (tertiary/aromatic N) is 2. The minimum absolute atomic E-state index is 0.279. The first-order chi connectivity index (χ1) is 12.7. The Morgan fingerprint density at radius 1 is 1.19 bits per heavy atom. The zero-order valence-corrected chi connectivity index (χ0v) is 16.1. The highest BCUT2D eigenvalue weighted by Crippen LogP contribution is 2.31. The molecule has 2 aromatic carbocycles. The molecule has 134 valence electrons. The molecule has 5 heteroatoms. The summed E-state index contributed by atoms with van der Waals surface area (Å²) in [6.45, 7) is 1.45. The van der Waals surface area contributed by atoms with Gasteiger partial charge in [-0.1, -0.05) is 46.3 Å². The first-order valence-electron chi connectivity index (χ1n) is 9.00. The predicted octanol–water partition coefficient (Wildman–Crippen LogP) is 4.57. The van der Waals surface area contributed by atoms with Gasteiger partial charge in [-0.05, 0) is 43.0 Å². The van der Waals surface area contributed by atoms with Gasteiger partial charge in [-0.3, -0.25) is 4.68 Å². The summed E-state index contributed by atoms with van der Waals surface area (Å²) in [6.07, 6.45) is 5.33. The third kappa shape index (κ3) is 3.69. The summed E-state index contributed by atoms with van der Waals surface area (Å²) in [7, 11) is 0. The van der Waals surface area contributed by atoms with Crippen molar-refractivity contribution in [3.05, 3.63) is 81.6 Å². The Morgan fingerprint density at radius 3 is 2.88 bits per heavy atom.